The van der Waals surface area contributed by atoms with Crippen molar-refractivity contribution in [3.63, 3.8) is 0 Å². The first-order chi connectivity index (χ1) is 9.49. The molecule has 7 heteroatoms. The number of aromatic nitrogens is 4. The summed E-state index contributed by atoms with van der Waals surface area (Å²) in [5.41, 5.74) is 0.815. The molecule has 0 saturated carbocycles. The zero-order chi connectivity index (χ0) is 14.7. The normalized spacial score (nSPS) is 12.6. The van der Waals surface area contributed by atoms with Crippen molar-refractivity contribution < 1.29 is 14.3 Å². The minimum absolute atomic E-state index is 0.150. The fourth-order valence-corrected chi connectivity index (χ4v) is 2.00. The van der Waals surface area contributed by atoms with E-state index in [-0.39, 0.29) is 11.7 Å². The summed E-state index contributed by atoms with van der Waals surface area (Å²) in [6, 6.07) is 5.13. The lowest BCUT2D eigenvalue weighted by Gasteiger charge is -2.17. The standard InChI is InChI=1S/C13H15FN4O2/c1-8(2)12(13(19)20)18-11(15-16-17-18)7-9-3-5-10(14)6-4-9/h3-6,8,12H,7H2,1-2H3,(H,19,20). The van der Waals surface area contributed by atoms with Gasteiger partial charge in [-0.25, -0.2) is 13.9 Å². The summed E-state index contributed by atoms with van der Waals surface area (Å²) >= 11 is 0. The number of benzene rings is 1. The molecular formula is C13H15FN4O2. The first-order valence-electron chi connectivity index (χ1n) is 6.23. The van der Waals surface area contributed by atoms with Crippen LogP contribution in [0.15, 0.2) is 24.3 Å². The van der Waals surface area contributed by atoms with E-state index in [1.54, 1.807) is 26.0 Å². The molecule has 1 aromatic heterocycles. The Balaban J connectivity index is 2.28. The van der Waals surface area contributed by atoms with Crippen molar-refractivity contribution in [3.8, 4) is 0 Å². The van der Waals surface area contributed by atoms with Crippen molar-refractivity contribution in [2.24, 2.45) is 5.92 Å². The number of halogens is 1. The maximum Gasteiger partial charge on any atom is 0.328 e. The Morgan fingerprint density at radius 3 is 2.55 bits per heavy atom. The summed E-state index contributed by atoms with van der Waals surface area (Å²) in [4.78, 5) is 11.3. The van der Waals surface area contributed by atoms with Gasteiger partial charge in [-0.2, -0.15) is 0 Å². The SMILES string of the molecule is CC(C)C(C(=O)O)n1nnnc1Cc1ccc(F)cc1. The molecule has 2 aromatic rings. The Morgan fingerprint density at radius 2 is 2.00 bits per heavy atom. The average molecular weight is 278 g/mol. The van der Waals surface area contributed by atoms with Gasteiger partial charge in [0.15, 0.2) is 11.9 Å². The van der Waals surface area contributed by atoms with Crippen LogP contribution in [0.25, 0.3) is 0 Å². The molecule has 0 bridgehead atoms. The number of carbonyl (C=O) groups is 1. The van der Waals surface area contributed by atoms with E-state index in [0.717, 1.165) is 5.56 Å². The highest BCUT2D eigenvalue weighted by Gasteiger charge is 2.27. The number of carboxylic acids is 1. The largest absolute Gasteiger partial charge is 0.480 e. The molecule has 1 heterocycles. The number of hydrogen-bond donors (Lipinski definition) is 1. The van der Waals surface area contributed by atoms with Crippen molar-refractivity contribution in [1.82, 2.24) is 20.2 Å². The van der Waals surface area contributed by atoms with Crippen molar-refractivity contribution in [2.45, 2.75) is 26.3 Å². The highest BCUT2D eigenvalue weighted by atomic mass is 19.1. The van der Waals surface area contributed by atoms with Crippen LogP contribution in [0.1, 0.15) is 31.3 Å². The Labute approximate surface area is 115 Å². The van der Waals surface area contributed by atoms with Crippen LogP contribution in [0.3, 0.4) is 0 Å². The predicted molar refractivity (Wildman–Crippen MR) is 68.5 cm³/mol. The van der Waals surface area contributed by atoms with E-state index in [1.165, 1.54) is 16.8 Å². The molecule has 1 atom stereocenters. The molecule has 2 rings (SSSR count). The minimum Gasteiger partial charge on any atom is -0.480 e. The van der Waals surface area contributed by atoms with Crippen LogP contribution in [0.4, 0.5) is 4.39 Å². The zero-order valence-corrected chi connectivity index (χ0v) is 11.2. The van der Waals surface area contributed by atoms with Crippen molar-refractivity contribution in [3.05, 3.63) is 41.5 Å². The number of nitrogens with zero attached hydrogens (tertiary/aromatic N) is 4. The summed E-state index contributed by atoms with van der Waals surface area (Å²) < 4.78 is 14.2. The average Bonchev–Trinajstić information content (AvgIpc) is 2.79. The molecule has 0 fully saturated rings. The van der Waals surface area contributed by atoms with Gasteiger partial charge in [-0.1, -0.05) is 26.0 Å². The van der Waals surface area contributed by atoms with Gasteiger partial charge in [0.25, 0.3) is 0 Å². The molecule has 0 aliphatic heterocycles. The molecule has 20 heavy (non-hydrogen) atoms. The lowest BCUT2D eigenvalue weighted by Crippen LogP contribution is -2.27. The lowest BCUT2D eigenvalue weighted by atomic mass is 10.0. The quantitative estimate of drug-likeness (QED) is 0.900. The van der Waals surface area contributed by atoms with E-state index in [9.17, 15) is 14.3 Å². The van der Waals surface area contributed by atoms with Gasteiger partial charge in [0.2, 0.25) is 0 Å². The fourth-order valence-electron chi connectivity index (χ4n) is 2.00. The third-order valence-electron chi connectivity index (χ3n) is 2.98. The molecule has 1 unspecified atom stereocenters. The summed E-state index contributed by atoms with van der Waals surface area (Å²) in [5, 5.41) is 20.5. The summed E-state index contributed by atoms with van der Waals surface area (Å²) in [5.74, 6) is -1.01. The van der Waals surface area contributed by atoms with Crippen LogP contribution in [0.5, 0.6) is 0 Å². The molecule has 0 amide bonds. The highest BCUT2D eigenvalue weighted by molar-refractivity contribution is 5.72. The fraction of sp³-hybridized carbons (Fsp3) is 0.385. The number of tetrazole rings is 1. The summed E-state index contributed by atoms with van der Waals surface area (Å²) in [6.45, 7) is 3.59. The van der Waals surface area contributed by atoms with Crippen molar-refractivity contribution in [2.75, 3.05) is 0 Å². The molecular weight excluding hydrogens is 263 g/mol. The van der Waals surface area contributed by atoms with E-state index in [1.807, 2.05) is 0 Å². The van der Waals surface area contributed by atoms with Gasteiger partial charge in [-0.15, -0.1) is 5.10 Å². The third kappa shape index (κ3) is 2.98. The Kier molecular flexibility index (Phi) is 4.07. The third-order valence-corrected chi connectivity index (χ3v) is 2.98. The first-order valence-corrected chi connectivity index (χ1v) is 6.23. The van der Waals surface area contributed by atoms with E-state index in [4.69, 9.17) is 0 Å². The molecule has 1 N–H and O–H groups in total. The first kappa shape index (κ1) is 14.1. The second-order valence-corrected chi connectivity index (χ2v) is 4.87. The molecule has 6 nitrogen and oxygen atoms in total. The number of aliphatic carboxylic acids is 1. The summed E-state index contributed by atoms with van der Waals surface area (Å²) in [7, 11) is 0. The van der Waals surface area contributed by atoms with Crippen molar-refractivity contribution >= 4 is 5.97 Å². The second kappa shape index (κ2) is 5.77. The molecule has 0 saturated heterocycles. The van der Waals surface area contributed by atoms with Crippen LogP contribution < -0.4 is 0 Å². The number of hydrogen-bond acceptors (Lipinski definition) is 4. The molecule has 0 aliphatic carbocycles. The number of rotatable bonds is 5. The Hall–Kier alpha value is -2.31. The predicted octanol–water partition coefficient (Wildman–Crippen LogP) is 1.68. The second-order valence-electron chi connectivity index (χ2n) is 4.87. The Morgan fingerprint density at radius 1 is 1.35 bits per heavy atom. The van der Waals surface area contributed by atoms with Gasteiger partial charge in [-0.05, 0) is 34.0 Å². The maximum absolute atomic E-state index is 12.9. The van der Waals surface area contributed by atoms with Crippen LogP contribution in [-0.4, -0.2) is 31.3 Å². The van der Waals surface area contributed by atoms with Gasteiger partial charge in [0.1, 0.15) is 5.82 Å². The van der Waals surface area contributed by atoms with Gasteiger partial charge in [0.05, 0.1) is 0 Å². The van der Waals surface area contributed by atoms with E-state index >= 15 is 0 Å². The van der Waals surface area contributed by atoms with Crippen LogP contribution in [0.2, 0.25) is 0 Å². The topological polar surface area (TPSA) is 80.9 Å². The van der Waals surface area contributed by atoms with E-state index in [0.29, 0.717) is 12.2 Å². The van der Waals surface area contributed by atoms with Crippen molar-refractivity contribution in [1.29, 1.82) is 0 Å². The van der Waals surface area contributed by atoms with Crippen LogP contribution >= 0.6 is 0 Å². The van der Waals surface area contributed by atoms with Gasteiger partial charge in [0, 0.05) is 6.42 Å². The van der Waals surface area contributed by atoms with Crippen LogP contribution in [-0.2, 0) is 11.2 Å². The zero-order valence-electron chi connectivity index (χ0n) is 11.2. The molecule has 106 valence electrons. The monoisotopic (exact) mass is 278 g/mol. The molecule has 0 spiro atoms. The smallest absolute Gasteiger partial charge is 0.328 e. The van der Waals surface area contributed by atoms with Gasteiger partial charge < -0.3 is 5.11 Å². The molecule has 0 radical (unpaired) electrons. The Bertz CT molecular complexity index is 595. The number of carboxylic acid groups (broad SMARTS) is 1. The van der Waals surface area contributed by atoms with E-state index in [2.05, 4.69) is 15.5 Å². The highest BCUT2D eigenvalue weighted by Crippen LogP contribution is 2.19. The molecule has 1 aromatic carbocycles. The molecule has 0 aliphatic rings. The minimum atomic E-state index is -0.979. The van der Waals surface area contributed by atoms with Gasteiger partial charge >= 0.3 is 5.97 Å². The van der Waals surface area contributed by atoms with E-state index < -0.39 is 12.0 Å². The lowest BCUT2D eigenvalue weighted by molar-refractivity contribution is -0.142. The maximum atomic E-state index is 12.9. The van der Waals surface area contributed by atoms with Gasteiger partial charge in [-0.3, -0.25) is 0 Å². The van der Waals surface area contributed by atoms with Crippen LogP contribution in [0, 0.1) is 11.7 Å². The summed E-state index contributed by atoms with van der Waals surface area (Å²) in [6.07, 6.45) is 0.351.